The standard InChI is InChI=1S/C10H16N2O2/c1-3-9(8(2)10(13)14)12-6-4-11-5-7-12/h3,9,11H,1-2,4-7H2,(H,13,14). The number of hydrogen-bond donors (Lipinski definition) is 2. The van der Waals surface area contributed by atoms with E-state index in [4.69, 9.17) is 5.11 Å². The molecule has 1 heterocycles. The highest BCUT2D eigenvalue weighted by molar-refractivity contribution is 5.87. The molecule has 0 aromatic heterocycles. The lowest BCUT2D eigenvalue weighted by atomic mass is 10.1. The third-order valence-corrected chi connectivity index (χ3v) is 2.40. The van der Waals surface area contributed by atoms with Gasteiger partial charge in [0.15, 0.2) is 0 Å². The van der Waals surface area contributed by atoms with Gasteiger partial charge in [-0.1, -0.05) is 12.7 Å². The summed E-state index contributed by atoms with van der Waals surface area (Å²) in [7, 11) is 0. The van der Waals surface area contributed by atoms with Gasteiger partial charge in [-0.25, -0.2) is 4.79 Å². The lowest BCUT2D eigenvalue weighted by Gasteiger charge is -2.33. The van der Waals surface area contributed by atoms with E-state index in [9.17, 15) is 4.79 Å². The summed E-state index contributed by atoms with van der Waals surface area (Å²) >= 11 is 0. The zero-order valence-corrected chi connectivity index (χ0v) is 8.20. The summed E-state index contributed by atoms with van der Waals surface area (Å²) in [6.07, 6.45) is 1.64. The number of hydrogen-bond acceptors (Lipinski definition) is 3. The molecule has 4 nitrogen and oxygen atoms in total. The molecule has 0 radical (unpaired) electrons. The summed E-state index contributed by atoms with van der Waals surface area (Å²) in [5.41, 5.74) is 0.196. The maximum Gasteiger partial charge on any atom is 0.332 e. The molecular weight excluding hydrogens is 180 g/mol. The number of piperazine rings is 1. The van der Waals surface area contributed by atoms with E-state index >= 15 is 0 Å². The molecule has 0 saturated carbocycles. The van der Waals surface area contributed by atoms with Crippen LogP contribution in [0.2, 0.25) is 0 Å². The van der Waals surface area contributed by atoms with Gasteiger partial charge in [0.25, 0.3) is 0 Å². The molecule has 0 aromatic carbocycles. The van der Waals surface area contributed by atoms with Crippen molar-refractivity contribution in [1.82, 2.24) is 10.2 Å². The molecule has 14 heavy (non-hydrogen) atoms. The minimum Gasteiger partial charge on any atom is -0.478 e. The summed E-state index contributed by atoms with van der Waals surface area (Å²) in [5, 5.41) is 12.0. The molecule has 0 aromatic rings. The van der Waals surface area contributed by atoms with Crippen molar-refractivity contribution >= 4 is 5.97 Å². The lowest BCUT2D eigenvalue weighted by molar-refractivity contribution is -0.133. The van der Waals surface area contributed by atoms with Crippen LogP contribution >= 0.6 is 0 Å². The summed E-state index contributed by atoms with van der Waals surface area (Å²) in [4.78, 5) is 12.8. The highest BCUT2D eigenvalue weighted by Crippen LogP contribution is 2.11. The average molecular weight is 196 g/mol. The number of carboxylic acids is 1. The first-order valence-electron chi connectivity index (χ1n) is 4.66. The van der Waals surface area contributed by atoms with Crippen molar-refractivity contribution in [3.05, 3.63) is 24.8 Å². The Kier molecular flexibility index (Phi) is 3.85. The van der Waals surface area contributed by atoms with Crippen molar-refractivity contribution in [2.45, 2.75) is 6.04 Å². The van der Waals surface area contributed by atoms with E-state index in [0.29, 0.717) is 0 Å². The van der Waals surface area contributed by atoms with Crippen molar-refractivity contribution in [2.75, 3.05) is 26.2 Å². The number of nitrogens with zero attached hydrogens (tertiary/aromatic N) is 1. The van der Waals surface area contributed by atoms with Crippen LogP contribution in [0.3, 0.4) is 0 Å². The van der Waals surface area contributed by atoms with Gasteiger partial charge in [0.2, 0.25) is 0 Å². The number of aliphatic carboxylic acids is 1. The number of rotatable bonds is 4. The molecule has 1 fully saturated rings. The van der Waals surface area contributed by atoms with Crippen LogP contribution in [0, 0.1) is 0 Å². The molecule has 1 aliphatic heterocycles. The SMILES string of the molecule is C=CC(C(=C)C(=O)O)N1CCNCC1. The minimum absolute atomic E-state index is 0.196. The largest absolute Gasteiger partial charge is 0.478 e. The Morgan fingerprint density at radius 1 is 1.50 bits per heavy atom. The Bertz CT molecular complexity index is 245. The van der Waals surface area contributed by atoms with Gasteiger partial charge in [0.1, 0.15) is 0 Å². The first kappa shape index (κ1) is 10.9. The van der Waals surface area contributed by atoms with E-state index in [0.717, 1.165) is 26.2 Å². The summed E-state index contributed by atoms with van der Waals surface area (Å²) in [6.45, 7) is 10.7. The predicted octanol–water partition coefficient (Wildman–Crippen LogP) is 0.0870. The van der Waals surface area contributed by atoms with E-state index in [1.807, 2.05) is 0 Å². The highest BCUT2D eigenvalue weighted by Gasteiger charge is 2.23. The fourth-order valence-electron chi connectivity index (χ4n) is 1.60. The minimum atomic E-state index is -0.951. The topological polar surface area (TPSA) is 52.6 Å². The number of carbonyl (C=O) groups is 1. The predicted molar refractivity (Wildman–Crippen MR) is 55.2 cm³/mol. The molecule has 1 unspecified atom stereocenters. The molecule has 0 amide bonds. The second-order valence-electron chi connectivity index (χ2n) is 3.30. The van der Waals surface area contributed by atoms with Gasteiger partial charge < -0.3 is 10.4 Å². The van der Waals surface area contributed by atoms with Crippen LogP contribution in [-0.4, -0.2) is 48.2 Å². The molecule has 1 saturated heterocycles. The fraction of sp³-hybridized carbons (Fsp3) is 0.500. The summed E-state index contributed by atoms with van der Waals surface area (Å²) < 4.78 is 0. The van der Waals surface area contributed by atoms with Crippen LogP contribution in [-0.2, 0) is 4.79 Å². The maximum absolute atomic E-state index is 10.8. The maximum atomic E-state index is 10.8. The van der Waals surface area contributed by atoms with E-state index in [-0.39, 0.29) is 11.6 Å². The normalized spacial score (nSPS) is 20.0. The van der Waals surface area contributed by atoms with Crippen molar-refractivity contribution < 1.29 is 9.90 Å². The van der Waals surface area contributed by atoms with E-state index in [1.54, 1.807) is 6.08 Å². The van der Waals surface area contributed by atoms with Gasteiger partial charge in [-0.05, 0) is 0 Å². The molecule has 78 valence electrons. The third kappa shape index (κ3) is 2.43. The first-order valence-corrected chi connectivity index (χ1v) is 4.66. The first-order chi connectivity index (χ1) is 6.66. The highest BCUT2D eigenvalue weighted by atomic mass is 16.4. The van der Waals surface area contributed by atoms with Gasteiger partial charge in [0.05, 0.1) is 11.6 Å². The van der Waals surface area contributed by atoms with E-state index < -0.39 is 5.97 Å². The Labute approximate surface area is 83.9 Å². The summed E-state index contributed by atoms with van der Waals surface area (Å²) in [6, 6.07) is -0.241. The van der Waals surface area contributed by atoms with Crippen LogP contribution in [0.4, 0.5) is 0 Å². The van der Waals surface area contributed by atoms with Crippen molar-refractivity contribution in [2.24, 2.45) is 0 Å². The zero-order chi connectivity index (χ0) is 10.6. The Morgan fingerprint density at radius 2 is 2.07 bits per heavy atom. The van der Waals surface area contributed by atoms with E-state index in [1.165, 1.54) is 0 Å². The van der Waals surface area contributed by atoms with Gasteiger partial charge in [-0.15, -0.1) is 6.58 Å². The molecule has 2 N–H and O–H groups in total. The lowest BCUT2D eigenvalue weighted by Crippen LogP contribution is -2.49. The van der Waals surface area contributed by atoms with Crippen molar-refractivity contribution in [3.63, 3.8) is 0 Å². The second kappa shape index (κ2) is 4.93. The zero-order valence-electron chi connectivity index (χ0n) is 8.20. The van der Waals surface area contributed by atoms with Gasteiger partial charge >= 0.3 is 5.97 Å². The van der Waals surface area contributed by atoms with Gasteiger partial charge in [0, 0.05) is 26.2 Å². The Morgan fingerprint density at radius 3 is 2.50 bits per heavy atom. The van der Waals surface area contributed by atoms with Crippen LogP contribution in [0.1, 0.15) is 0 Å². The average Bonchev–Trinajstić information content (AvgIpc) is 2.20. The van der Waals surface area contributed by atoms with Crippen LogP contribution in [0.5, 0.6) is 0 Å². The smallest absolute Gasteiger partial charge is 0.332 e. The molecule has 0 spiro atoms. The molecule has 1 rings (SSSR count). The summed E-state index contributed by atoms with van der Waals surface area (Å²) in [5.74, 6) is -0.951. The molecule has 0 aliphatic carbocycles. The number of carboxylic acid groups (broad SMARTS) is 1. The quantitative estimate of drug-likeness (QED) is 0.494. The number of nitrogens with one attached hydrogen (secondary N) is 1. The van der Waals surface area contributed by atoms with Crippen molar-refractivity contribution in [3.8, 4) is 0 Å². The van der Waals surface area contributed by atoms with Gasteiger partial charge in [-0.3, -0.25) is 4.90 Å². The molecule has 1 aliphatic rings. The second-order valence-corrected chi connectivity index (χ2v) is 3.30. The monoisotopic (exact) mass is 196 g/mol. The molecule has 1 atom stereocenters. The van der Waals surface area contributed by atoms with Gasteiger partial charge in [-0.2, -0.15) is 0 Å². The Hall–Kier alpha value is -1.13. The van der Waals surface area contributed by atoms with Crippen LogP contribution in [0.25, 0.3) is 0 Å². The van der Waals surface area contributed by atoms with Crippen LogP contribution < -0.4 is 5.32 Å². The van der Waals surface area contributed by atoms with Crippen molar-refractivity contribution in [1.29, 1.82) is 0 Å². The molecule has 0 bridgehead atoms. The Balaban J connectivity index is 2.64. The molecular formula is C10H16N2O2. The third-order valence-electron chi connectivity index (χ3n) is 2.40. The van der Waals surface area contributed by atoms with E-state index in [2.05, 4.69) is 23.4 Å². The fourth-order valence-corrected chi connectivity index (χ4v) is 1.60. The van der Waals surface area contributed by atoms with Crippen LogP contribution in [0.15, 0.2) is 24.8 Å². The molecule has 4 heteroatoms.